The van der Waals surface area contributed by atoms with Gasteiger partial charge in [-0.15, -0.1) is 0 Å². The van der Waals surface area contributed by atoms with Crippen LogP contribution in [0.4, 0.5) is 0 Å². The van der Waals surface area contributed by atoms with E-state index in [1.165, 1.54) is 4.90 Å². The van der Waals surface area contributed by atoms with E-state index in [2.05, 4.69) is 0 Å². The number of fused-ring (bicyclic) bond motifs is 1. The van der Waals surface area contributed by atoms with Crippen molar-refractivity contribution >= 4 is 11.8 Å². The fourth-order valence-electron chi connectivity index (χ4n) is 3.44. The van der Waals surface area contributed by atoms with E-state index in [9.17, 15) is 9.59 Å². The van der Waals surface area contributed by atoms with E-state index in [0.717, 1.165) is 11.3 Å². The summed E-state index contributed by atoms with van der Waals surface area (Å²) in [5.41, 5.74) is 1.92. The van der Waals surface area contributed by atoms with Gasteiger partial charge in [-0.2, -0.15) is 0 Å². The van der Waals surface area contributed by atoms with Crippen LogP contribution in [0.3, 0.4) is 0 Å². The molecule has 0 aromatic heterocycles. The molecule has 0 N–H and O–H groups in total. The van der Waals surface area contributed by atoms with Gasteiger partial charge in [0.25, 0.3) is 11.8 Å². The Labute approximate surface area is 148 Å². The lowest BCUT2D eigenvalue weighted by atomic mass is 9.87. The second-order valence-corrected chi connectivity index (χ2v) is 6.92. The summed E-state index contributed by atoms with van der Waals surface area (Å²) in [4.78, 5) is 26.4. The van der Waals surface area contributed by atoms with Gasteiger partial charge in [0.2, 0.25) is 0 Å². The van der Waals surface area contributed by atoms with Gasteiger partial charge in [0.1, 0.15) is 11.9 Å². The van der Waals surface area contributed by atoms with E-state index in [0.29, 0.717) is 24.0 Å². The Hall–Kier alpha value is -2.62. The van der Waals surface area contributed by atoms with Gasteiger partial charge < -0.3 is 4.74 Å². The van der Waals surface area contributed by atoms with Gasteiger partial charge >= 0.3 is 0 Å². The van der Waals surface area contributed by atoms with Gasteiger partial charge in [-0.1, -0.05) is 38.1 Å². The largest absolute Gasteiger partial charge is 0.490 e. The Morgan fingerprint density at radius 1 is 1.00 bits per heavy atom. The van der Waals surface area contributed by atoms with Gasteiger partial charge in [0.05, 0.1) is 11.1 Å². The second kappa shape index (κ2) is 6.03. The number of benzene rings is 2. The van der Waals surface area contributed by atoms with Crippen LogP contribution in [0.5, 0.6) is 5.75 Å². The van der Waals surface area contributed by atoms with Gasteiger partial charge in [0.15, 0.2) is 0 Å². The number of hydrogen-bond acceptors (Lipinski definition) is 3. The molecule has 4 nitrogen and oxygen atoms in total. The van der Waals surface area contributed by atoms with E-state index in [1.807, 2.05) is 38.1 Å². The first-order valence-electron chi connectivity index (χ1n) is 9.09. The van der Waals surface area contributed by atoms with Crippen molar-refractivity contribution in [2.75, 3.05) is 0 Å². The van der Waals surface area contributed by atoms with Gasteiger partial charge in [-0.25, -0.2) is 0 Å². The molecule has 0 radical (unpaired) electrons. The summed E-state index contributed by atoms with van der Waals surface area (Å²) in [6, 6.07) is 14.4. The van der Waals surface area contributed by atoms with Crippen molar-refractivity contribution in [3.63, 3.8) is 0 Å². The van der Waals surface area contributed by atoms with Crippen LogP contribution in [-0.2, 0) is 0 Å². The van der Waals surface area contributed by atoms with E-state index >= 15 is 0 Å². The highest BCUT2D eigenvalue weighted by atomic mass is 16.5. The minimum Gasteiger partial charge on any atom is -0.490 e. The van der Waals surface area contributed by atoms with E-state index < -0.39 is 5.89 Å². The molecule has 2 aromatic carbocycles. The maximum Gasteiger partial charge on any atom is 0.261 e. The zero-order chi connectivity index (χ0) is 18.5. The quantitative estimate of drug-likeness (QED) is 0.792. The van der Waals surface area contributed by atoms with Crippen molar-refractivity contribution in [2.24, 2.45) is 0 Å². The molecule has 4 heteroatoms. The summed E-state index contributed by atoms with van der Waals surface area (Å²) < 4.78 is 14.0. The SMILES string of the molecule is [2H]C(C)(C)c1ccc(OC2CC(N3C(=O)c4ccccc4C3=O)C2)cc1. The van der Waals surface area contributed by atoms with E-state index in [1.54, 1.807) is 24.3 Å². The van der Waals surface area contributed by atoms with E-state index in [4.69, 9.17) is 6.11 Å². The minimum atomic E-state index is -0.633. The molecule has 25 heavy (non-hydrogen) atoms. The molecular weight excluding hydrogens is 314 g/mol. The molecule has 2 aliphatic rings. The summed E-state index contributed by atoms with van der Waals surface area (Å²) >= 11 is 0. The first-order valence-corrected chi connectivity index (χ1v) is 8.59. The highest BCUT2D eigenvalue weighted by Crippen LogP contribution is 2.35. The zero-order valence-electron chi connectivity index (χ0n) is 15.4. The Morgan fingerprint density at radius 3 is 2.08 bits per heavy atom. The van der Waals surface area contributed by atoms with Crippen LogP contribution in [0.25, 0.3) is 0 Å². The first-order chi connectivity index (χ1) is 12.3. The van der Waals surface area contributed by atoms with Crippen LogP contribution < -0.4 is 4.74 Å². The number of imide groups is 1. The molecule has 0 saturated heterocycles. The number of hydrogen-bond donors (Lipinski definition) is 0. The Morgan fingerprint density at radius 2 is 1.56 bits per heavy atom. The summed E-state index contributed by atoms with van der Waals surface area (Å²) in [6.45, 7) is 3.70. The lowest BCUT2D eigenvalue weighted by molar-refractivity contribution is 0.0198. The number of carbonyl (C=O) groups excluding carboxylic acids is 2. The van der Waals surface area contributed by atoms with Crippen LogP contribution in [-0.4, -0.2) is 28.9 Å². The number of nitrogens with zero attached hydrogens (tertiary/aromatic N) is 1. The first kappa shape index (κ1) is 14.7. The zero-order valence-corrected chi connectivity index (χ0v) is 14.4. The molecule has 2 amide bonds. The second-order valence-electron chi connectivity index (χ2n) is 6.92. The molecule has 1 saturated carbocycles. The van der Waals surface area contributed by atoms with Crippen LogP contribution in [0, 0.1) is 0 Å². The Bertz CT molecular complexity index is 829. The minimum absolute atomic E-state index is 0.000765. The number of rotatable bonds is 4. The van der Waals surface area contributed by atoms with Crippen LogP contribution in [0.1, 0.15) is 60.2 Å². The lowest BCUT2D eigenvalue weighted by Gasteiger charge is -2.39. The van der Waals surface area contributed by atoms with Gasteiger partial charge in [0, 0.05) is 20.3 Å². The number of ether oxygens (including phenoxy) is 1. The molecular formula is C21H21NO3. The maximum atomic E-state index is 12.5. The van der Waals surface area contributed by atoms with Crippen LogP contribution >= 0.6 is 0 Å². The van der Waals surface area contributed by atoms with E-state index in [-0.39, 0.29) is 24.0 Å². The third kappa shape index (κ3) is 2.72. The molecule has 1 aliphatic heterocycles. The Balaban J connectivity index is 1.38. The van der Waals surface area contributed by atoms with Crippen molar-refractivity contribution in [1.29, 1.82) is 0 Å². The lowest BCUT2D eigenvalue weighted by Crippen LogP contribution is -2.51. The van der Waals surface area contributed by atoms with Crippen LogP contribution in [0.15, 0.2) is 48.5 Å². The van der Waals surface area contributed by atoms with Crippen molar-refractivity contribution in [3.8, 4) is 5.75 Å². The van der Waals surface area contributed by atoms with Gasteiger partial charge in [-0.3, -0.25) is 14.5 Å². The molecule has 1 heterocycles. The number of amides is 2. The van der Waals surface area contributed by atoms with Crippen LogP contribution in [0.2, 0.25) is 0 Å². The molecule has 0 spiro atoms. The average Bonchev–Trinajstić information content (AvgIpc) is 2.82. The molecule has 1 aliphatic carbocycles. The fourth-order valence-corrected chi connectivity index (χ4v) is 3.44. The summed E-state index contributed by atoms with van der Waals surface area (Å²) in [7, 11) is 0. The fraction of sp³-hybridized carbons (Fsp3) is 0.333. The predicted octanol–water partition coefficient (Wildman–Crippen LogP) is 4.02. The number of carbonyl (C=O) groups is 2. The maximum absolute atomic E-state index is 12.5. The van der Waals surface area contributed by atoms with Crippen molar-refractivity contribution < 1.29 is 15.7 Å². The molecule has 0 atom stereocenters. The molecule has 0 bridgehead atoms. The average molecular weight is 336 g/mol. The predicted molar refractivity (Wildman–Crippen MR) is 94.9 cm³/mol. The summed E-state index contributed by atoms with van der Waals surface area (Å²) in [5, 5.41) is 0. The molecule has 0 unspecified atom stereocenters. The van der Waals surface area contributed by atoms with Crippen molar-refractivity contribution in [3.05, 3.63) is 65.2 Å². The normalized spacial score (nSPS) is 23.1. The smallest absolute Gasteiger partial charge is 0.261 e. The highest BCUT2D eigenvalue weighted by Gasteiger charge is 2.45. The molecule has 4 rings (SSSR count). The topological polar surface area (TPSA) is 46.6 Å². The van der Waals surface area contributed by atoms with Crippen molar-refractivity contribution in [2.45, 2.75) is 44.7 Å². The summed E-state index contributed by atoms with van der Waals surface area (Å²) in [6.07, 6.45) is 1.30. The standard InChI is InChI=1S/C21H21NO3/c1-13(2)14-7-9-16(10-8-14)25-17-11-15(12-17)22-20(23)18-5-3-4-6-19(18)21(22)24/h3-10,13,15,17H,11-12H2,1-2H3/i13D. The third-order valence-electron chi connectivity index (χ3n) is 4.99. The molecule has 1 fully saturated rings. The van der Waals surface area contributed by atoms with Gasteiger partial charge in [-0.05, 0) is 35.7 Å². The van der Waals surface area contributed by atoms with Crippen molar-refractivity contribution in [1.82, 2.24) is 4.90 Å². The monoisotopic (exact) mass is 336 g/mol. The Kier molecular flexibility index (Phi) is 3.54. The third-order valence-corrected chi connectivity index (χ3v) is 4.99. The molecule has 128 valence electrons. The summed E-state index contributed by atoms with van der Waals surface area (Å²) in [5.74, 6) is -0.276. The molecule has 2 aromatic rings. The highest BCUT2D eigenvalue weighted by molar-refractivity contribution is 6.21.